The van der Waals surface area contributed by atoms with E-state index in [1.165, 1.54) is 23.3 Å². The highest BCUT2D eigenvalue weighted by molar-refractivity contribution is 5.79. The first-order valence-corrected chi connectivity index (χ1v) is 12.1. The second-order valence-electron chi connectivity index (χ2n) is 9.08. The van der Waals surface area contributed by atoms with Crippen LogP contribution in [0.25, 0.3) is 11.3 Å². The number of aromatic nitrogens is 4. The lowest BCUT2D eigenvalue weighted by Gasteiger charge is -2.37. The lowest BCUT2D eigenvalue weighted by Crippen LogP contribution is -2.52. The van der Waals surface area contributed by atoms with E-state index < -0.39 is 23.5 Å². The van der Waals surface area contributed by atoms with Crippen LogP contribution >= 0.6 is 0 Å². The van der Waals surface area contributed by atoms with Crippen LogP contribution in [0.5, 0.6) is 0 Å². The van der Waals surface area contributed by atoms with Gasteiger partial charge >= 0.3 is 6.03 Å². The van der Waals surface area contributed by atoms with Gasteiger partial charge in [-0.05, 0) is 38.5 Å². The van der Waals surface area contributed by atoms with Crippen molar-refractivity contribution in [2.24, 2.45) is 5.10 Å². The van der Waals surface area contributed by atoms with Gasteiger partial charge in [-0.25, -0.2) is 32.9 Å². The van der Waals surface area contributed by atoms with Gasteiger partial charge in [-0.15, -0.1) is 0 Å². The second kappa shape index (κ2) is 9.83. The second-order valence-corrected chi connectivity index (χ2v) is 9.08. The molecule has 194 valence electrons. The number of anilines is 1. The van der Waals surface area contributed by atoms with Gasteiger partial charge in [-0.3, -0.25) is 4.68 Å². The van der Waals surface area contributed by atoms with Crippen molar-refractivity contribution >= 4 is 18.2 Å². The maximum atomic E-state index is 14.8. The number of piperazine rings is 1. The van der Waals surface area contributed by atoms with Crippen LogP contribution in [0.1, 0.15) is 36.3 Å². The predicted octanol–water partition coefficient (Wildman–Crippen LogP) is 4.07. The fraction of sp³-hybridized carbons (Fsp3) is 0.400. The van der Waals surface area contributed by atoms with Crippen LogP contribution in [0.4, 0.5) is 23.9 Å². The van der Waals surface area contributed by atoms with E-state index in [0.29, 0.717) is 61.9 Å². The Bertz CT molecular complexity index is 1350. The molecule has 12 heteroatoms. The van der Waals surface area contributed by atoms with Crippen molar-refractivity contribution in [2.45, 2.75) is 39.8 Å². The van der Waals surface area contributed by atoms with Gasteiger partial charge in [0.1, 0.15) is 17.3 Å². The summed E-state index contributed by atoms with van der Waals surface area (Å²) in [6, 6.07) is 2.32. The number of nitrogens with zero attached hydrogens (tertiary/aromatic N) is 8. The minimum Gasteiger partial charge on any atom is -0.337 e. The third-order valence-electron chi connectivity index (χ3n) is 6.78. The summed E-state index contributed by atoms with van der Waals surface area (Å²) >= 11 is 0. The van der Waals surface area contributed by atoms with Gasteiger partial charge < -0.3 is 9.80 Å². The molecule has 4 heterocycles. The van der Waals surface area contributed by atoms with E-state index in [0.717, 1.165) is 11.8 Å². The number of urea groups is 1. The highest BCUT2D eigenvalue weighted by Gasteiger charge is 2.34. The average molecular weight is 513 g/mol. The van der Waals surface area contributed by atoms with E-state index in [1.807, 2.05) is 30.4 Å². The molecule has 1 aromatic carbocycles. The van der Waals surface area contributed by atoms with Crippen LogP contribution < -0.4 is 4.90 Å². The van der Waals surface area contributed by atoms with Crippen LogP contribution in [0.2, 0.25) is 0 Å². The first-order chi connectivity index (χ1) is 17.8. The van der Waals surface area contributed by atoms with Crippen LogP contribution in [-0.4, -0.2) is 68.1 Å². The van der Waals surface area contributed by atoms with Gasteiger partial charge in [0.15, 0.2) is 5.82 Å². The molecule has 9 nitrogen and oxygen atoms in total. The summed E-state index contributed by atoms with van der Waals surface area (Å²) in [6.45, 7) is 7.92. The van der Waals surface area contributed by atoms with Crippen molar-refractivity contribution in [3.8, 4) is 11.3 Å². The molecule has 2 aliphatic heterocycles. The molecular weight excluding hydrogens is 485 g/mol. The summed E-state index contributed by atoms with van der Waals surface area (Å²) in [5, 5.41) is 9.91. The third-order valence-corrected chi connectivity index (χ3v) is 6.78. The Morgan fingerprint density at radius 1 is 1.05 bits per heavy atom. The number of carbonyl (C=O) groups is 1. The van der Waals surface area contributed by atoms with E-state index in [1.54, 1.807) is 11.1 Å². The smallest absolute Gasteiger partial charge is 0.337 e. The molecule has 0 saturated carbocycles. The fourth-order valence-corrected chi connectivity index (χ4v) is 4.92. The van der Waals surface area contributed by atoms with Crippen LogP contribution in [0.15, 0.2) is 29.5 Å². The number of hydrogen-bond donors (Lipinski definition) is 0. The molecule has 0 aliphatic carbocycles. The SMILES string of the molecule is CCn1nc(C)c(-c2nc(N3CCN(C(=O)N4N=CCC4c4cc(F)cc(F)c4)CC3)ncc2F)c1C. The number of rotatable bonds is 4. The summed E-state index contributed by atoms with van der Waals surface area (Å²) < 4.78 is 44.1. The summed E-state index contributed by atoms with van der Waals surface area (Å²) in [5.74, 6) is -1.55. The molecule has 2 aromatic heterocycles. The number of hydrazone groups is 1. The predicted molar refractivity (Wildman–Crippen MR) is 132 cm³/mol. The van der Waals surface area contributed by atoms with E-state index in [2.05, 4.69) is 20.2 Å². The number of carbonyl (C=O) groups excluding carboxylic acids is 1. The Hall–Kier alpha value is -3.96. The maximum Gasteiger partial charge on any atom is 0.341 e. The first-order valence-electron chi connectivity index (χ1n) is 12.1. The molecule has 0 N–H and O–H groups in total. The first kappa shape index (κ1) is 24.7. The fourth-order valence-electron chi connectivity index (χ4n) is 4.92. The zero-order valence-corrected chi connectivity index (χ0v) is 20.8. The molecule has 1 unspecified atom stereocenters. The van der Waals surface area contributed by atoms with Crippen LogP contribution in [0.3, 0.4) is 0 Å². The molecule has 3 aromatic rings. The zero-order valence-electron chi connectivity index (χ0n) is 20.8. The molecule has 0 bridgehead atoms. The summed E-state index contributed by atoms with van der Waals surface area (Å²) in [7, 11) is 0. The number of halogens is 3. The van der Waals surface area contributed by atoms with E-state index in [4.69, 9.17) is 0 Å². The average Bonchev–Trinajstić information content (AvgIpc) is 3.48. The number of benzene rings is 1. The molecular formula is C25H27F3N8O. The van der Waals surface area contributed by atoms with Crippen molar-refractivity contribution in [1.29, 1.82) is 0 Å². The van der Waals surface area contributed by atoms with Gasteiger partial charge in [0.25, 0.3) is 0 Å². The third kappa shape index (κ3) is 4.63. The van der Waals surface area contributed by atoms with Gasteiger partial charge in [-0.1, -0.05) is 0 Å². The van der Waals surface area contributed by atoms with E-state index in [-0.39, 0.29) is 11.7 Å². The quantitative estimate of drug-likeness (QED) is 0.527. The van der Waals surface area contributed by atoms with Crippen molar-refractivity contribution in [3.05, 3.63) is 58.8 Å². The topological polar surface area (TPSA) is 82.8 Å². The molecule has 2 aliphatic rings. The zero-order chi connectivity index (χ0) is 26.3. The van der Waals surface area contributed by atoms with Crippen molar-refractivity contribution < 1.29 is 18.0 Å². The van der Waals surface area contributed by atoms with Crippen LogP contribution in [0, 0.1) is 31.3 Å². The molecule has 1 atom stereocenters. The Morgan fingerprint density at radius 3 is 2.41 bits per heavy atom. The lowest BCUT2D eigenvalue weighted by molar-refractivity contribution is 0.139. The Balaban J connectivity index is 1.30. The molecule has 5 rings (SSSR count). The number of amides is 2. The molecule has 1 saturated heterocycles. The Labute approximate surface area is 212 Å². The molecule has 0 radical (unpaired) electrons. The standard InChI is InChI=1S/C25H27F3N8O/c1-4-35-16(3)22(15(2)32-35)23-20(28)14-29-24(31-23)33-7-9-34(10-8-33)25(37)36-21(5-6-30-36)17-11-18(26)13-19(27)12-17/h6,11-14,21H,4-5,7-10H2,1-3H3. The maximum absolute atomic E-state index is 14.8. The Morgan fingerprint density at radius 2 is 1.76 bits per heavy atom. The monoisotopic (exact) mass is 512 g/mol. The lowest BCUT2D eigenvalue weighted by atomic mass is 10.0. The largest absolute Gasteiger partial charge is 0.341 e. The van der Waals surface area contributed by atoms with Gasteiger partial charge in [-0.2, -0.15) is 10.2 Å². The molecule has 0 spiro atoms. The number of aryl methyl sites for hydroxylation is 2. The summed E-state index contributed by atoms with van der Waals surface area (Å²) in [4.78, 5) is 25.5. The summed E-state index contributed by atoms with van der Waals surface area (Å²) in [6.07, 6.45) is 3.10. The van der Waals surface area contributed by atoms with Gasteiger partial charge in [0.2, 0.25) is 5.95 Å². The summed E-state index contributed by atoms with van der Waals surface area (Å²) in [5.41, 5.74) is 2.74. The highest BCUT2D eigenvalue weighted by Crippen LogP contribution is 2.31. The molecule has 1 fully saturated rings. The minimum atomic E-state index is -0.700. The molecule has 37 heavy (non-hydrogen) atoms. The van der Waals surface area contributed by atoms with E-state index >= 15 is 0 Å². The van der Waals surface area contributed by atoms with Crippen molar-refractivity contribution in [2.75, 3.05) is 31.1 Å². The molecule has 2 amide bonds. The number of hydrogen-bond acceptors (Lipinski definition) is 6. The van der Waals surface area contributed by atoms with Gasteiger partial charge in [0, 0.05) is 62.7 Å². The highest BCUT2D eigenvalue weighted by atomic mass is 19.1. The normalized spacial score (nSPS) is 17.7. The van der Waals surface area contributed by atoms with Gasteiger partial charge in [0.05, 0.1) is 17.9 Å². The van der Waals surface area contributed by atoms with E-state index in [9.17, 15) is 18.0 Å². The van der Waals surface area contributed by atoms with Crippen molar-refractivity contribution in [1.82, 2.24) is 29.7 Å². The van der Waals surface area contributed by atoms with Crippen LogP contribution in [-0.2, 0) is 6.54 Å². The van der Waals surface area contributed by atoms with Crippen molar-refractivity contribution in [3.63, 3.8) is 0 Å². The minimum absolute atomic E-state index is 0.203. The Kier molecular flexibility index (Phi) is 6.57.